The number of para-hydroxylation sites is 1. The number of rotatable bonds is 7. The van der Waals surface area contributed by atoms with Crippen molar-refractivity contribution in [2.45, 2.75) is 17.1 Å². The largest absolute Gasteiger partial charge is 0.478 e. The van der Waals surface area contributed by atoms with E-state index in [0.717, 1.165) is 16.3 Å². The Kier molecular flexibility index (Phi) is 7.64. The minimum Gasteiger partial charge on any atom is -0.478 e. The van der Waals surface area contributed by atoms with Gasteiger partial charge in [0, 0.05) is 22.0 Å². The maximum absolute atomic E-state index is 12.5. The summed E-state index contributed by atoms with van der Waals surface area (Å²) in [4.78, 5) is 24.5. The van der Waals surface area contributed by atoms with Crippen LogP contribution in [-0.2, 0) is 4.79 Å². The second-order valence-corrected chi connectivity index (χ2v) is 8.43. The lowest BCUT2D eigenvalue weighted by molar-refractivity contribution is -0.115. The maximum Gasteiger partial charge on any atom is 0.335 e. The number of carboxylic acid groups (broad SMARTS) is 1. The summed E-state index contributed by atoms with van der Waals surface area (Å²) in [6.07, 6.45) is 0. The number of carbonyl (C=O) groups is 2. The molecule has 4 N–H and O–H groups in total. The van der Waals surface area contributed by atoms with Crippen molar-refractivity contribution in [1.82, 2.24) is 0 Å². The normalized spacial score (nSPS) is 11.3. The topological polar surface area (TPSA) is 90.5 Å². The quantitative estimate of drug-likeness (QED) is 0.286. The molecule has 3 aromatic rings. The highest BCUT2D eigenvalue weighted by molar-refractivity contribution is 8.00. The molecule has 1 amide bonds. The van der Waals surface area contributed by atoms with Crippen molar-refractivity contribution in [3.63, 3.8) is 0 Å². The van der Waals surface area contributed by atoms with Gasteiger partial charge in [0.1, 0.15) is 0 Å². The summed E-state index contributed by atoms with van der Waals surface area (Å²) in [5.41, 5.74) is 2.27. The Morgan fingerprint density at radius 2 is 1.45 bits per heavy atom. The van der Waals surface area contributed by atoms with Gasteiger partial charge in [-0.25, -0.2) is 4.79 Å². The molecule has 0 aliphatic rings. The summed E-state index contributed by atoms with van der Waals surface area (Å²) in [5, 5.41) is 18.2. The molecule has 8 heteroatoms. The minimum absolute atomic E-state index is 0.122. The van der Waals surface area contributed by atoms with Crippen LogP contribution in [0.3, 0.4) is 0 Å². The van der Waals surface area contributed by atoms with Crippen molar-refractivity contribution in [2.24, 2.45) is 0 Å². The van der Waals surface area contributed by atoms with E-state index in [1.165, 1.54) is 23.9 Å². The van der Waals surface area contributed by atoms with Gasteiger partial charge in [0.2, 0.25) is 5.91 Å². The van der Waals surface area contributed by atoms with Gasteiger partial charge in [0.15, 0.2) is 5.11 Å². The molecule has 0 radical (unpaired) electrons. The minimum atomic E-state index is -1.04. The van der Waals surface area contributed by atoms with Crippen molar-refractivity contribution >= 4 is 58.0 Å². The average molecular weight is 452 g/mol. The van der Waals surface area contributed by atoms with E-state index in [2.05, 4.69) is 16.0 Å². The number of aromatic carboxylic acids is 1. The summed E-state index contributed by atoms with van der Waals surface area (Å²) in [7, 11) is 0. The van der Waals surface area contributed by atoms with Crippen molar-refractivity contribution < 1.29 is 14.7 Å². The number of nitrogens with one attached hydrogen (secondary N) is 3. The molecule has 0 saturated heterocycles. The van der Waals surface area contributed by atoms with E-state index < -0.39 is 11.2 Å². The second-order valence-electron chi connectivity index (χ2n) is 6.61. The molecule has 158 valence electrons. The van der Waals surface area contributed by atoms with Gasteiger partial charge >= 0.3 is 5.97 Å². The first-order valence-electron chi connectivity index (χ1n) is 9.45. The van der Waals surface area contributed by atoms with Crippen LogP contribution in [0, 0.1) is 0 Å². The number of carbonyl (C=O) groups excluding carboxylic acids is 1. The molecule has 1 unspecified atom stereocenters. The van der Waals surface area contributed by atoms with Crippen LogP contribution < -0.4 is 16.0 Å². The Balaban J connectivity index is 1.58. The number of anilines is 3. The first-order valence-corrected chi connectivity index (χ1v) is 10.7. The van der Waals surface area contributed by atoms with Crippen LogP contribution in [0.15, 0.2) is 83.8 Å². The smallest absolute Gasteiger partial charge is 0.335 e. The Bertz CT molecular complexity index is 1090. The van der Waals surface area contributed by atoms with Crippen LogP contribution >= 0.6 is 24.0 Å². The molecule has 0 bridgehead atoms. The molecule has 31 heavy (non-hydrogen) atoms. The maximum atomic E-state index is 12.5. The van der Waals surface area contributed by atoms with Crippen LogP contribution in [0.1, 0.15) is 17.3 Å². The van der Waals surface area contributed by atoms with Gasteiger partial charge in [-0.15, -0.1) is 11.8 Å². The third kappa shape index (κ3) is 6.84. The van der Waals surface area contributed by atoms with Crippen molar-refractivity contribution in [2.75, 3.05) is 16.0 Å². The van der Waals surface area contributed by atoms with E-state index in [9.17, 15) is 9.59 Å². The molecular weight excluding hydrogens is 430 g/mol. The summed E-state index contributed by atoms with van der Waals surface area (Å²) in [5.74, 6) is -1.25. The second kappa shape index (κ2) is 10.6. The fourth-order valence-corrected chi connectivity index (χ4v) is 3.86. The number of hydrogen-bond acceptors (Lipinski definition) is 4. The summed E-state index contributed by atoms with van der Waals surface area (Å²) < 4.78 is 0. The molecule has 3 rings (SSSR count). The number of amides is 1. The lowest BCUT2D eigenvalue weighted by Gasteiger charge is -2.14. The fourth-order valence-electron chi connectivity index (χ4n) is 2.69. The van der Waals surface area contributed by atoms with Crippen LogP contribution in [0.5, 0.6) is 0 Å². The third-order valence-electron chi connectivity index (χ3n) is 4.18. The molecule has 0 heterocycles. The zero-order valence-corrected chi connectivity index (χ0v) is 18.3. The number of hydrogen-bond donors (Lipinski definition) is 4. The molecule has 3 aromatic carbocycles. The van der Waals surface area contributed by atoms with Crippen LogP contribution in [0.25, 0.3) is 0 Å². The monoisotopic (exact) mass is 451 g/mol. The zero-order chi connectivity index (χ0) is 22.2. The Morgan fingerprint density at radius 3 is 2.16 bits per heavy atom. The number of thiocarbonyl (C=S) groups is 1. The van der Waals surface area contributed by atoms with Gasteiger partial charge in [0.05, 0.1) is 10.8 Å². The predicted octanol–water partition coefficient (Wildman–Crippen LogP) is 5.31. The van der Waals surface area contributed by atoms with E-state index in [4.69, 9.17) is 17.3 Å². The highest BCUT2D eigenvalue weighted by Crippen LogP contribution is 2.27. The zero-order valence-electron chi connectivity index (χ0n) is 16.7. The molecule has 6 nitrogen and oxygen atoms in total. The summed E-state index contributed by atoms with van der Waals surface area (Å²) >= 11 is 6.75. The van der Waals surface area contributed by atoms with Gasteiger partial charge in [-0.2, -0.15) is 0 Å². The Labute approximate surface area is 190 Å². The molecule has 0 saturated carbocycles. The van der Waals surface area contributed by atoms with Crippen LogP contribution in [0.2, 0.25) is 0 Å². The molecule has 0 spiro atoms. The van der Waals surface area contributed by atoms with Gasteiger partial charge in [0.25, 0.3) is 0 Å². The van der Waals surface area contributed by atoms with E-state index in [1.54, 1.807) is 19.1 Å². The molecule has 0 aliphatic heterocycles. The molecule has 0 aliphatic carbocycles. The predicted molar refractivity (Wildman–Crippen MR) is 130 cm³/mol. The summed E-state index contributed by atoms with van der Waals surface area (Å²) in [6.45, 7) is 1.79. The lowest BCUT2D eigenvalue weighted by atomic mass is 10.2. The van der Waals surface area contributed by atoms with Crippen molar-refractivity contribution in [1.29, 1.82) is 0 Å². The van der Waals surface area contributed by atoms with E-state index in [1.807, 2.05) is 54.6 Å². The average Bonchev–Trinajstić information content (AvgIpc) is 2.74. The van der Waals surface area contributed by atoms with Crippen LogP contribution in [-0.4, -0.2) is 27.3 Å². The first kappa shape index (κ1) is 22.3. The van der Waals surface area contributed by atoms with E-state index in [-0.39, 0.29) is 11.5 Å². The molecule has 1 atom stereocenters. The Hall–Kier alpha value is -3.36. The number of benzene rings is 3. The molecular formula is C23H21N3O3S2. The lowest BCUT2D eigenvalue weighted by Crippen LogP contribution is -2.22. The third-order valence-corrected chi connectivity index (χ3v) is 5.48. The number of thioether (sulfide) groups is 1. The van der Waals surface area contributed by atoms with Gasteiger partial charge in [-0.1, -0.05) is 30.3 Å². The van der Waals surface area contributed by atoms with Crippen LogP contribution in [0.4, 0.5) is 17.1 Å². The van der Waals surface area contributed by atoms with Crippen molar-refractivity contribution in [3.05, 3.63) is 84.4 Å². The SMILES string of the molecule is CC(Sc1cccc(NC(=S)Nc2ccccc2)c1)C(=O)Nc1cccc(C(=O)O)c1. The van der Waals surface area contributed by atoms with Gasteiger partial charge in [-0.3, -0.25) is 4.79 Å². The van der Waals surface area contributed by atoms with Gasteiger partial charge < -0.3 is 21.1 Å². The van der Waals surface area contributed by atoms with E-state index >= 15 is 0 Å². The van der Waals surface area contributed by atoms with Crippen molar-refractivity contribution in [3.8, 4) is 0 Å². The standard InChI is InChI=1S/C23H21N3O3S2/c1-15(21(27)24-18-10-5-7-16(13-18)22(28)29)31-20-12-6-11-19(14-20)26-23(30)25-17-8-3-2-4-9-17/h2-15H,1H3,(H,24,27)(H,28,29)(H2,25,26,30). The number of carboxylic acids is 1. The van der Waals surface area contributed by atoms with Gasteiger partial charge in [-0.05, 0) is 67.7 Å². The fraction of sp³-hybridized carbons (Fsp3) is 0.0870. The van der Waals surface area contributed by atoms with E-state index in [0.29, 0.717) is 10.8 Å². The molecule has 0 fully saturated rings. The highest BCUT2D eigenvalue weighted by Gasteiger charge is 2.15. The molecule has 0 aromatic heterocycles. The Morgan fingerprint density at radius 1 is 0.839 bits per heavy atom. The summed E-state index contributed by atoms with van der Waals surface area (Å²) in [6, 6.07) is 23.4. The highest BCUT2D eigenvalue weighted by atomic mass is 32.2. The first-order chi connectivity index (χ1) is 14.9.